The van der Waals surface area contributed by atoms with Gasteiger partial charge in [-0.1, -0.05) is 18.2 Å². The predicted molar refractivity (Wildman–Crippen MR) is 82.9 cm³/mol. The molecule has 1 aromatic carbocycles. The fraction of sp³-hybridized carbons (Fsp3) is 0.312. The average molecular weight is 281 g/mol. The molecule has 21 heavy (non-hydrogen) atoms. The van der Waals surface area contributed by atoms with Gasteiger partial charge in [0.1, 0.15) is 6.33 Å². The highest BCUT2D eigenvalue weighted by Gasteiger charge is 2.04. The van der Waals surface area contributed by atoms with Gasteiger partial charge >= 0.3 is 0 Å². The number of benzene rings is 1. The van der Waals surface area contributed by atoms with E-state index in [0.717, 1.165) is 36.5 Å². The number of nitrogens with zero attached hydrogens (tertiary/aromatic N) is 4. The molecule has 5 nitrogen and oxygen atoms in total. The number of aromatic nitrogens is 4. The first-order valence-corrected chi connectivity index (χ1v) is 7.13. The van der Waals surface area contributed by atoms with Crippen LogP contribution in [0.4, 0.5) is 0 Å². The molecule has 0 saturated heterocycles. The normalized spacial score (nSPS) is 11.1. The Hall–Kier alpha value is -2.27. The number of hydrogen-bond acceptors (Lipinski definition) is 4. The highest BCUT2D eigenvalue weighted by molar-refractivity contribution is 5.82. The molecule has 0 radical (unpaired) electrons. The molecule has 2 aromatic heterocycles. The lowest BCUT2D eigenvalue weighted by atomic mass is 10.1. The van der Waals surface area contributed by atoms with E-state index in [1.54, 1.807) is 11.0 Å². The lowest BCUT2D eigenvalue weighted by Gasteiger charge is -2.08. The molecule has 3 rings (SSSR count). The van der Waals surface area contributed by atoms with Crippen molar-refractivity contribution in [2.75, 3.05) is 6.54 Å². The fourth-order valence-corrected chi connectivity index (χ4v) is 2.46. The SMILES string of the molecule is Cc1cc(CNCCc2ncn(C)n2)c2ccccc2n1. The smallest absolute Gasteiger partial charge is 0.151 e. The van der Waals surface area contributed by atoms with Gasteiger partial charge in [0.2, 0.25) is 0 Å². The van der Waals surface area contributed by atoms with E-state index in [-0.39, 0.29) is 0 Å². The van der Waals surface area contributed by atoms with E-state index in [1.165, 1.54) is 10.9 Å². The molecule has 0 amide bonds. The van der Waals surface area contributed by atoms with Gasteiger partial charge in [-0.05, 0) is 24.6 Å². The van der Waals surface area contributed by atoms with Gasteiger partial charge in [0.25, 0.3) is 0 Å². The Morgan fingerprint density at radius 1 is 1.24 bits per heavy atom. The van der Waals surface area contributed by atoms with Crippen molar-refractivity contribution in [1.29, 1.82) is 0 Å². The van der Waals surface area contributed by atoms with Crippen molar-refractivity contribution in [2.24, 2.45) is 7.05 Å². The number of pyridine rings is 1. The molecule has 0 aliphatic rings. The second-order valence-electron chi connectivity index (χ2n) is 5.20. The summed E-state index contributed by atoms with van der Waals surface area (Å²) < 4.78 is 1.73. The van der Waals surface area contributed by atoms with E-state index in [1.807, 2.05) is 20.0 Å². The van der Waals surface area contributed by atoms with Crippen molar-refractivity contribution < 1.29 is 0 Å². The maximum atomic E-state index is 4.56. The Bertz CT molecular complexity index is 747. The average Bonchev–Trinajstić information content (AvgIpc) is 2.89. The highest BCUT2D eigenvalue weighted by Crippen LogP contribution is 2.17. The van der Waals surface area contributed by atoms with Crippen LogP contribution in [0.3, 0.4) is 0 Å². The third-order valence-electron chi connectivity index (χ3n) is 3.42. The summed E-state index contributed by atoms with van der Waals surface area (Å²) in [5, 5.41) is 8.95. The number of aryl methyl sites for hydroxylation is 2. The summed E-state index contributed by atoms with van der Waals surface area (Å²) in [5.74, 6) is 0.876. The van der Waals surface area contributed by atoms with Crippen LogP contribution < -0.4 is 5.32 Å². The van der Waals surface area contributed by atoms with Gasteiger partial charge in [-0.15, -0.1) is 0 Å². The lowest BCUT2D eigenvalue weighted by molar-refractivity contribution is 0.662. The van der Waals surface area contributed by atoms with Crippen molar-refractivity contribution in [2.45, 2.75) is 19.9 Å². The molecule has 1 N–H and O–H groups in total. The first-order chi connectivity index (χ1) is 10.2. The number of para-hydroxylation sites is 1. The van der Waals surface area contributed by atoms with Crippen LogP contribution in [0.15, 0.2) is 36.7 Å². The summed E-state index contributed by atoms with van der Waals surface area (Å²) in [6.45, 7) is 3.73. The van der Waals surface area contributed by atoms with Crippen LogP contribution in [0.1, 0.15) is 17.1 Å². The highest BCUT2D eigenvalue weighted by atomic mass is 15.3. The van der Waals surface area contributed by atoms with Crippen LogP contribution in [0, 0.1) is 6.92 Å². The molecule has 0 aliphatic carbocycles. The van der Waals surface area contributed by atoms with Gasteiger partial charge in [-0.2, -0.15) is 5.10 Å². The van der Waals surface area contributed by atoms with Crippen molar-refractivity contribution >= 4 is 10.9 Å². The molecule has 0 fully saturated rings. The third kappa shape index (κ3) is 3.25. The predicted octanol–water partition coefficient (Wildman–Crippen LogP) is 2.00. The first kappa shape index (κ1) is 13.7. The largest absolute Gasteiger partial charge is 0.312 e. The second kappa shape index (κ2) is 6.01. The van der Waals surface area contributed by atoms with Gasteiger partial charge in [0.05, 0.1) is 5.52 Å². The molecule has 0 saturated carbocycles. The number of hydrogen-bond donors (Lipinski definition) is 1. The molecule has 0 spiro atoms. The van der Waals surface area contributed by atoms with Gasteiger partial charge in [0, 0.05) is 37.6 Å². The number of fused-ring (bicyclic) bond motifs is 1. The molecule has 5 heteroatoms. The van der Waals surface area contributed by atoms with Crippen molar-refractivity contribution in [3.8, 4) is 0 Å². The molecule has 0 bridgehead atoms. The van der Waals surface area contributed by atoms with Gasteiger partial charge in [0.15, 0.2) is 5.82 Å². The zero-order valence-electron chi connectivity index (χ0n) is 12.4. The topological polar surface area (TPSA) is 55.6 Å². The zero-order chi connectivity index (χ0) is 14.7. The maximum absolute atomic E-state index is 4.56. The minimum absolute atomic E-state index is 0.830. The molecule has 2 heterocycles. The van der Waals surface area contributed by atoms with Crippen LogP contribution in [-0.4, -0.2) is 26.3 Å². The molecule has 0 unspecified atom stereocenters. The van der Waals surface area contributed by atoms with E-state index in [9.17, 15) is 0 Å². The van der Waals surface area contributed by atoms with E-state index in [0.29, 0.717) is 0 Å². The first-order valence-electron chi connectivity index (χ1n) is 7.13. The van der Waals surface area contributed by atoms with Gasteiger partial charge < -0.3 is 5.32 Å². The van der Waals surface area contributed by atoms with E-state index >= 15 is 0 Å². The van der Waals surface area contributed by atoms with Gasteiger partial charge in [-0.3, -0.25) is 9.67 Å². The van der Waals surface area contributed by atoms with Crippen LogP contribution in [0.25, 0.3) is 10.9 Å². The molecule has 3 aromatic rings. The Balaban J connectivity index is 1.65. The van der Waals surface area contributed by atoms with Gasteiger partial charge in [-0.25, -0.2) is 4.98 Å². The maximum Gasteiger partial charge on any atom is 0.151 e. The standard InChI is InChI=1S/C16H19N5/c1-12-9-13(14-5-3-4-6-15(14)19-12)10-17-8-7-16-18-11-21(2)20-16/h3-6,9,11,17H,7-8,10H2,1-2H3. The van der Waals surface area contributed by atoms with Crippen molar-refractivity contribution in [3.05, 3.63) is 53.7 Å². The van der Waals surface area contributed by atoms with E-state index in [4.69, 9.17) is 0 Å². The molecule has 108 valence electrons. The Morgan fingerprint density at radius 2 is 2.10 bits per heavy atom. The summed E-state index contributed by atoms with van der Waals surface area (Å²) in [6.07, 6.45) is 2.57. The van der Waals surface area contributed by atoms with Crippen molar-refractivity contribution in [3.63, 3.8) is 0 Å². The van der Waals surface area contributed by atoms with E-state index in [2.05, 4.69) is 44.6 Å². The summed E-state index contributed by atoms with van der Waals surface area (Å²) in [4.78, 5) is 8.79. The number of nitrogens with one attached hydrogen (secondary N) is 1. The Labute approximate surface area is 124 Å². The van der Waals surface area contributed by atoms with Crippen LogP contribution in [-0.2, 0) is 20.0 Å². The Kier molecular flexibility index (Phi) is 3.92. The molecular formula is C16H19N5. The van der Waals surface area contributed by atoms with E-state index < -0.39 is 0 Å². The second-order valence-corrected chi connectivity index (χ2v) is 5.20. The number of rotatable bonds is 5. The molecular weight excluding hydrogens is 262 g/mol. The van der Waals surface area contributed by atoms with Crippen molar-refractivity contribution in [1.82, 2.24) is 25.1 Å². The summed E-state index contributed by atoms with van der Waals surface area (Å²) in [5.41, 5.74) is 3.39. The summed E-state index contributed by atoms with van der Waals surface area (Å²) in [6, 6.07) is 10.4. The fourth-order valence-electron chi connectivity index (χ4n) is 2.46. The zero-order valence-corrected chi connectivity index (χ0v) is 12.4. The van der Waals surface area contributed by atoms with Crippen LogP contribution >= 0.6 is 0 Å². The minimum Gasteiger partial charge on any atom is -0.312 e. The lowest BCUT2D eigenvalue weighted by Crippen LogP contribution is -2.17. The summed E-state index contributed by atoms with van der Waals surface area (Å²) >= 11 is 0. The molecule has 0 aliphatic heterocycles. The molecule has 0 atom stereocenters. The van der Waals surface area contributed by atoms with Crippen LogP contribution in [0.5, 0.6) is 0 Å². The van der Waals surface area contributed by atoms with Crippen LogP contribution in [0.2, 0.25) is 0 Å². The summed E-state index contributed by atoms with van der Waals surface area (Å²) in [7, 11) is 1.88. The quantitative estimate of drug-likeness (QED) is 0.727. The Morgan fingerprint density at radius 3 is 2.90 bits per heavy atom. The third-order valence-corrected chi connectivity index (χ3v) is 3.42. The minimum atomic E-state index is 0.830. The monoisotopic (exact) mass is 281 g/mol.